The van der Waals surface area contributed by atoms with Gasteiger partial charge >= 0.3 is 0 Å². The van der Waals surface area contributed by atoms with E-state index in [-0.39, 0.29) is 30.0 Å². The van der Waals surface area contributed by atoms with Crippen LogP contribution in [0.4, 0.5) is 4.39 Å². The third-order valence-electron chi connectivity index (χ3n) is 5.05. The molecule has 7 heteroatoms. The first-order valence-electron chi connectivity index (χ1n) is 10.8. The van der Waals surface area contributed by atoms with Gasteiger partial charge in [-0.25, -0.2) is 4.39 Å². The molecule has 1 unspecified atom stereocenters. The fraction of sp³-hybridized carbons (Fsp3) is 0.400. The van der Waals surface area contributed by atoms with Crippen molar-refractivity contribution in [3.63, 3.8) is 0 Å². The molecule has 1 aromatic heterocycles. The van der Waals surface area contributed by atoms with E-state index in [2.05, 4.69) is 23.7 Å². The third-order valence-corrected chi connectivity index (χ3v) is 5.05. The second-order valence-electron chi connectivity index (χ2n) is 7.62. The number of morpholine rings is 1. The summed E-state index contributed by atoms with van der Waals surface area (Å²) in [7, 11) is 0. The first kappa shape index (κ1) is 23.4. The Balaban J connectivity index is 1.58. The number of Topliss-reactive ketones (excluding diaryl/α,β-unsaturated/α-hetero) is 1. The van der Waals surface area contributed by atoms with Crippen LogP contribution in [0.15, 0.2) is 36.7 Å². The van der Waals surface area contributed by atoms with E-state index in [1.54, 1.807) is 29.4 Å². The van der Waals surface area contributed by atoms with Crippen molar-refractivity contribution in [1.82, 2.24) is 9.88 Å². The molecule has 6 nitrogen and oxygen atoms in total. The Morgan fingerprint density at radius 1 is 1.31 bits per heavy atom. The highest BCUT2D eigenvalue weighted by molar-refractivity contribution is 5.94. The van der Waals surface area contributed by atoms with Crippen LogP contribution in [0.5, 0.6) is 5.75 Å². The van der Waals surface area contributed by atoms with Gasteiger partial charge in [-0.05, 0) is 31.5 Å². The molecule has 0 bridgehead atoms. The lowest BCUT2D eigenvalue weighted by atomic mass is 10.1. The zero-order chi connectivity index (χ0) is 22.9. The van der Waals surface area contributed by atoms with Crippen LogP contribution in [-0.4, -0.2) is 54.0 Å². The quantitative estimate of drug-likeness (QED) is 0.373. The molecular formula is C25H27FN2O4. The van der Waals surface area contributed by atoms with Gasteiger partial charge in [-0.15, -0.1) is 0 Å². The van der Waals surface area contributed by atoms with Gasteiger partial charge in [0.1, 0.15) is 24.3 Å². The summed E-state index contributed by atoms with van der Waals surface area (Å²) in [6.07, 6.45) is 5.80. The molecule has 32 heavy (non-hydrogen) atoms. The Bertz CT molecular complexity index is 1030. The number of ketones is 1. The van der Waals surface area contributed by atoms with Crippen molar-refractivity contribution < 1.29 is 23.5 Å². The highest BCUT2D eigenvalue weighted by atomic mass is 19.1. The molecule has 3 rings (SSSR count). The molecule has 1 aliphatic heterocycles. The number of nitrogens with zero attached hydrogens (tertiary/aromatic N) is 2. The van der Waals surface area contributed by atoms with E-state index in [9.17, 15) is 14.0 Å². The summed E-state index contributed by atoms with van der Waals surface area (Å²) in [6, 6.07) is 5.88. The van der Waals surface area contributed by atoms with Gasteiger partial charge in [0.25, 0.3) is 5.91 Å². The second kappa shape index (κ2) is 11.4. The van der Waals surface area contributed by atoms with E-state index in [0.717, 1.165) is 24.8 Å². The number of ether oxygens (including phenoxy) is 2. The minimum atomic E-state index is -0.624. The van der Waals surface area contributed by atoms with Gasteiger partial charge < -0.3 is 14.4 Å². The minimum Gasteiger partial charge on any atom is -0.491 e. The van der Waals surface area contributed by atoms with Crippen molar-refractivity contribution in [1.29, 1.82) is 0 Å². The number of aromatic nitrogens is 1. The molecule has 1 aliphatic rings. The fourth-order valence-corrected chi connectivity index (χ4v) is 3.30. The lowest BCUT2D eigenvalue weighted by Crippen LogP contribution is -2.47. The highest BCUT2D eigenvalue weighted by Gasteiger charge is 2.26. The highest BCUT2D eigenvalue weighted by Crippen LogP contribution is 2.18. The van der Waals surface area contributed by atoms with Gasteiger partial charge in [0.05, 0.1) is 24.3 Å². The number of hydrogen-bond donors (Lipinski definition) is 0. The summed E-state index contributed by atoms with van der Waals surface area (Å²) in [5, 5.41) is 0. The number of pyridine rings is 1. The molecule has 0 aliphatic carbocycles. The standard InChI is InChI=1S/C25H27FN2O4/c1-3-4-5-6-7-19-12-20(15-27-14-19)25(30)28-10-11-31-22(16-28)17-32-21-8-9-23(18(2)29)24(26)13-21/h8-9,12-15,22H,3-5,10-11,16-17H2,1-2H3. The molecule has 2 aromatic rings. The zero-order valence-corrected chi connectivity index (χ0v) is 18.4. The van der Waals surface area contributed by atoms with E-state index in [1.165, 1.54) is 19.1 Å². The zero-order valence-electron chi connectivity index (χ0n) is 18.4. The summed E-state index contributed by atoms with van der Waals surface area (Å²) >= 11 is 0. The molecule has 2 heterocycles. The molecule has 0 spiro atoms. The molecule has 1 aromatic carbocycles. The maximum atomic E-state index is 14.0. The lowest BCUT2D eigenvalue weighted by Gasteiger charge is -2.32. The van der Waals surface area contributed by atoms with Crippen LogP contribution in [0.2, 0.25) is 0 Å². The van der Waals surface area contributed by atoms with Crippen LogP contribution in [0.1, 0.15) is 59.4 Å². The predicted octanol–water partition coefficient (Wildman–Crippen LogP) is 3.89. The molecule has 1 atom stereocenters. The number of rotatable bonds is 7. The summed E-state index contributed by atoms with van der Waals surface area (Å²) in [5.41, 5.74) is 1.22. The van der Waals surface area contributed by atoms with Crippen LogP contribution in [0.25, 0.3) is 0 Å². The average Bonchev–Trinajstić information content (AvgIpc) is 2.80. The molecule has 0 saturated carbocycles. The Labute approximate surface area is 187 Å². The van der Waals surface area contributed by atoms with E-state index in [1.807, 2.05) is 0 Å². The largest absolute Gasteiger partial charge is 0.491 e. The van der Waals surface area contributed by atoms with Crippen molar-refractivity contribution in [3.8, 4) is 17.6 Å². The summed E-state index contributed by atoms with van der Waals surface area (Å²) < 4.78 is 25.3. The first-order valence-corrected chi connectivity index (χ1v) is 10.8. The molecule has 0 radical (unpaired) electrons. The van der Waals surface area contributed by atoms with Gasteiger partial charge in [-0.3, -0.25) is 14.6 Å². The van der Waals surface area contributed by atoms with Gasteiger partial charge in [-0.1, -0.05) is 25.2 Å². The summed E-state index contributed by atoms with van der Waals surface area (Å²) in [4.78, 5) is 30.2. The maximum Gasteiger partial charge on any atom is 0.255 e. The average molecular weight is 438 g/mol. The van der Waals surface area contributed by atoms with Gasteiger partial charge in [0.2, 0.25) is 0 Å². The molecule has 1 fully saturated rings. The number of amides is 1. The number of carbonyl (C=O) groups excluding carboxylic acids is 2. The maximum absolute atomic E-state index is 14.0. The normalized spacial score (nSPS) is 15.6. The molecule has 1 amide bonds. The number of hydrogen-bond acceptors (Lipinski definition) is 5. The van der Waals surface area contributed by atoms with E-state index in [4.69, 9.17) is 9.47 Å². The van der Waals surface area contributed by atoms with Crippen LogP contribution < -0.4 is 4.74 Å². The van der Waals surface area contributed by atoms with E-state index in [0.29, 0.717) is 31.0 Å². The van der Waals surface area contributed by atoms with Crippen molar-refractivity contribution in [2.45, 2.75) is 39.2 Å². The fourth-order valence-electron chi connectivity index (χ4n) is 3.30. The monoisotopic (exact) mass is 438 g/mol. The number of unbranched alkanes of at least 4 members (excludes halogenated alkanes) is 2. The number of benzene rings is 1. The van der Waals surface area contributed by atoms with Crippen molar-refractivity contribution in [2.24, 2.45) is 0 Å². The van der Waals surface area contributed by atoms with Crippen LogP contribution >= 0.6 is 0 Å². The SMILES string of the molecule is CCCCC#Cc1cncc(C(=O)N2CCOC(COc3ccc(C(C)=O)c(F)c3)C2)c1. The number of halogens is 1. The van der Waals surface area contributed by atoms with Crippen LogP contribution in [0.3, 0.4) is 0 Å². The van der Waals surface area contributed by atoms with Gasteiger partial charge in [0, 0.05) is 37.0 Å². The molecule has 0 N–H and O–H groups in total. The molecule has 168 valence electrons. The predicted molar refractivity (Wildman–Crippen MR) is 118 cm³/mol. The smallest absolute Gasteiger partial charge is 0.255 e. The molecule has 1 saturated heterocycles. The van der Waals surface area contributed by atoms with E-state index >= 15 is 0 Å². The van der Waals surface area contributed by atoms with Gasteiger partial charge in [-0.2, -0.15) is 0 Å². The lowest BCUT2D eigenvalue weighted by molar-refractivity contribution is -0.0401. The Morgan fingerprint density at radius 3 is 2.91 bits per heavy atom. The minimum absolute atomic E-state index is 0.0222. The van der Waals surface area contributed by atoms with Crippen molar-refractivity contribution in [2.75, 3.05) is 26.3 Å². The Hall–Kier alpha value is -3.24. The summed E-state index contributed by atoms with van der Waals surface area (Å²) in [5.74, 6) is 5.36. The third kappa shape index (κ3) is 6.38. The molecular weight excluding hydrogens is 411 g/mol. The van der Waals surface area contributed by atoms with Crippen molar-refractivity contribution in [3.05, 3.63) is 59.2 Å². The summed E-state index contributed by atoms with van der Waals surface area (Å²) in [6.45, 7) is 4.77. The second-order valence-corrected chi connectivity index (χ2v) is 7.62. The van der Waals surface area contributed by atoms with Crippen LogP contribution in [-0.2, 0) is 4.74 Å². The topological polar surface area (TPSA) is 68.7 Å². The van der Waals surface area contributed by atoms with Gasteiger partial charge in [0.15, 0.2) is 5.78 Å². The van der Waals surface area contributed by atoms with Crippen molar-refractivity contribution >= 4 is 11.7 Å². The Morgan fingerprint density at radius 2 is 2.16 bits per heavy atom. The first-order chi connectivity index (χ1) is 15.5. The number of carbonyl (C=O) groups is 2. The van der Waals surface area contributed by atoms with E-state index < -0.39 is 5.82 Å². The van der Waals surface area contributed by atoms with Crippen LogP contribution in [0, 0.1) is 17.7 Å². The Kier molecular flexibility index (Phi) is 8.34.